The van der Waals surface area contributed by atoms with Gasteiger partial charge in [0.25, 0.3) is 0 Å². The van der Waals surface area contributed by atoms with Gasteiger partial charge in [-0.15, -0.1) is 0 Å². The monoisotopic (exact) mass is 416 g/mol. The average Bonchev–Trinajstić information content (AvgIpc) is 3.20. The van der Waals surface area contributed by atoms with Crippen molar-refractivity contribution in [2.24, 2.45) is 13.0 Å². The first-order valence-electron chi connectivity index (χ1n) is 9.02. The fourth-order valence-electron chi connectivity index (χ4n) is 3.75. The summed E-state index contributed by atoms with van der Waals surface area (Å²) in [6.07, 6.45) is -0.446. The van der Waals surface area contributed by atoms with Crippen LogP contribution < -0.4 is 4.74 Å². The number of rotatable bonds is 6. The van der Waals surface area contributed by atoms with Gasteiger partial charge in [0.1, 0.15) is 11.4 Å². The molecule has 2 aromatic rings. The van der Waals surface area contributed by atoms with E-state index in [2.05, 4.69) is 10.1 Å². The summed E-state index contributed by atoms with van der Waals surface area (Å²) in [5.74, 6) is -0.852. The number of ether oxygens (including phenoxy) is 1. The Bertz CT molecular complexity index is 1010. The lowest BCUT2D eigenvalue weighted by Crippen LogP contribution is -2.61. The van der Waals surface area contributed by atoms with E-state index >= 15 is 0 Å². The number of benzene rings is 1. The molecule has 1 amide bonds. The molecule has 3 heterocycles. The Morgan fingerprint density at radius 1 is 1.34 bits per heavy atom. The van der Waals surface area contributed by atoms with Crippen LogP contribution in [0.1, 0.15) is 13.3 Å². The molecular weight excluding hydrogens is 396 g/mol. The Hall–Kier alpha value is -2.85. The number of fused-ring (bicyclic) bond motifs is 1. The predicted molar refractivity (Wildman–Crippen MR) is 104 cm³/mol. The lowest BCUT2D eigenvalue weighted by Gasteiger charge is -2.44. The van der Waals surface area contributed by atoms with Crippen LogP contribution in [0.5, 0.6) is 5.75 Å². The van der Waals surface area contributed by atoms with Crippen molar-refractivity contribution in [2.75, 3.05) is 7.11 Å². The molecule has 1 aromatic heterocycles. The molecule has 152 valence electrons. The summed E-state index contributed by atoms with van der Waals surface area (Å²) in [4.78, 5) is 30.5. The van der Waals surface area contributed by atoms with Crippen LogP contribution in [0.2, 0.25) is 0 Å². The number of hydrogen-bond donors (Lipinski definition) is 2. The largest absolute Gasteiger partial charge is 0.497 e. The van der Waals surface area contributed by atoms with Gasteiger partial charge >= 0.3 is 5.97 Å². The maximum absolute atomic E-state index is 12.3. The highest BCUT2D eigenvalue weighted by molar-refractivity contribution is 8.03. The molecule has 4 rings (SSSR count). The number of aliphatic hydroxyl groups is 1. The number of carboxylic acids is 1. The summed E-state index contributed by atoms with van der Waals surface area (Å²) in [5, 5.41) is 24.4. The topological polar surface area (TPSA) is 118 Å². The van der Waals surface area contributed by atoms with E-state index < -0.39 is 18.0 Å². The quantitative estimate of drug-likeness (QED) is 0.680. The number of aromatic nitrogens is 3. The molecule has 9 nitrogen and oxygen atoms in total. The molecule has 0 radical (unpaired) electrons. The van der Waals surface area contributed by atoms with E-state index in [0.717, 1.165) is 11.3 Å². The van der Waals surface area contributed by atoms with Crippen LogP contribution >= 0.6 is 11.8 Å². The minimum atomic E-state index is -1.16. The van der Waals surface area contributed by atoms with Crippen LogP contribution in [0.25, 0.3) is 11.4 Å². The summed E-state index contributed by atoms with van der Waals surface area (Å²) in [5.41, 5.74) is 0.774. The van der Waals surface area contributed by atoms with Gasteiger partial charge < -0.3 is 19.8 Å². The predicted octanol–water partition coefficient (Wildman–Crippen LogP) is 1.49. The molecule has 2 aliphatic heterocycles. The zero-order valence-corrected chi connectivity index (χ0v) is 16.9. The zero-order chi connectivity index (χ0) is 20.9. The SMILES string of the molecule is COc1ccc(-c2nc(SC3=C(C(=O)O)N4C(=O)[C@H](C(C)O)C4C3)n(C)n2)cc1. The molecule has 3 atom stereocenters. The molecular formula is C19H20N4O5S. The number of aryl methyl sites for hydroxylation is 1. The Labute approximate surface area is 171 Å². The third-order valence-corrected chi connectivity index (χ3v) is 6.32. The second kappa shape index (κ2) is 7.20. The van der Waals surface area contributed by atoms with Gasteiger partial charge in [-0.05, 0) is 31.2 Å². The first-order chi connectivity index (χ1) is 13.8. The van der Waals surface area contributed by atoms with E-state index in [-0.39, 0.29) is 17.6 Å². The summed E-state index contributed by atoms with van der Waals surface area (Å²) >= 11 is 1.19. The third kappa shape index (κ3) is 3.18. The van der Waals surface area contributed by atoms with Crippen molar-refractivity contribution in [2.45, 2.75) is 30.6 Å². The number of hydrogen-bond acceptors (Lipinski definition) is 7. The molecule has 0 aliphatic carbocycles. The van der Waals surface area contributed by atoms with Crippen LogP contribution in [-0.4, -0.2) is 61.0 Å². The molecule has 0 bridgehead atoms. The zero-order valence-electron chi connectivity index (χ0n) is 16.1. The maximum Gasteiger partial charge on any atom is 0.353 e. The number of aliphatic hydroxyl groups excluding tert-OH is 1. The third-order valence-electron chi connectivity index (χ3n) is 5.18. The van der Waals surface area contributed by atoms with Gasteiger partial charge in [0, 0.05) is 23.9 Å². The van der Waals surface area contributed by atoms with Gasteiger partial charge in [-0.2, -0.15) is 5.10 Å². The van der Waals surface area contributed by atoms with Gasteiger partial charge in [-0.3, -0.25) is 4.79 Å². The van der Waals surface area contributed by atoms with E-state index in [0.29, 0.717) is 22.3 Å². The highest BCUT2D eigenvalue weighted by atomic mass is 32.2. The van der Waals surface area contributed by atoms with Crippen molar-refractivity contribution in [3.8, 4) is 17.1 Å². The Balaban J connectivity index is 1.61. The first-order valence-corrected chi connectivity index (χ1v) is 9.84. The van der Waals surface area contributed by atoms with Crippen molar-refractivity contribution in [1.82, 2.24) is 19.7 Å². The van der Waals surface area contributed by atoms with E-state index in [1.165, 1.54) is 16.7 Å². The molecule has 2 unspecified atom stereocenters. The number of carboxylic acid groups (broad SMARTS) is 1. The fourth-order valence-corrected chi connectivity index (χ4v) is 4.82. The second-order valence-corrected chi connectivity index (χ2v) is 8.06. The Kier molecular flexibility index (Phi) is 4.83. The van der Waals surface area contributed by atoms with Crippen LogP contribution in [0.3, 0.4) is 0 Å². The van der Waals surface area contributed by atoms with E-state index in [1.807, 2.05) is 24.3 Å². The van der Waals surface area contributed by atoms with Crippen LogP contribution in [0, 0.1) is 5.92 Å². The second-order valence-electron chi connectivity index (χ2n) is 7.00. The van der Waals surface area contributed by atoms with E-state index in [9.17, 15) is 19.8 Å². The minimum absolute atomic E-state index is 0.0316. The Morgan fingerprint density at radius 3 is 2.62 bits per heavy atom. The number of carbonyl (C=O) groups excluding carboxylic acids is 1. The molecule has 10 heteroatoms. The fraction of sp³-hybridized carbons (Fsp3) is 0.368. The number of methoxy groups -OCH3 is 1. The number of β-lactam (4-membered cyclic amide) rings is 1. The number of thioether (sulfide) groups is 1. The summed E-state index contributed by atoms with van der Waals surface area (Å²) in [7, 11) is 3.32. The smallest absolute Gasteiger partial charge is 0.353 e. The van der Waals surface area contributed by atoms with Crippen molar-refractivity contribution in [3.63, 3.8) is 0 Å². The van der Waals surface area contributed by atoms with Crippen molar-refractivity contribution >= 4 is 23.6 Å². The van der Waals surface area contributed by atoms with Gasteiger partial charge in [-0.1, -0.05) is 11.8 Å². The van der Waals surface area contributed by atoms with Gasteiger partial charge in [0.05, 0.1) is 25.2 Å². The molecule has 1 aromatic carbocycles. The molecule has 2 aliphatic rings. The normalized spacial score (nSPS) is 21.8. The highest BCUT2D eigenvalue weighted by Gasteiger charge is 2.56. The first kappa shape index (κ1) is 19.5. The van der Waals surface area contributed by atoms with Crippen LogP contribution in [0.15, 0.2) is 40.0 Å². The molecule has 29 heavy (non-hydrogen) atoms. The van der Waals surface area contributed by atoms with Crippen molar-refractivity contribution in [3.05, 3.63) is 34.9 Å². The summed E-state index contributed by atoms with van der Waals surface area (Å²) in [6, 6.07) is 6.99. The molecule has 0 spiro atoms. The lowest BCUT2D eigenvalue weighted by atomic mass is 9.83. The van der Waals surface area contributed by atoms with Gasteiger partial charge in [0.2, 0.25) is 5.91 Å². The number of amides is 1. The maximum atomic E-state index is 12.3. The molecule has 1 fully saturated rings. The van der Waals surface area contributed by atoms with Gasteiger partial charge in [-0.25, -0.2) is 14.5 Å². The Morgan fingerprint density at radius 2 is 2.03 bits per heavy atom. The van der Waals surface area contributed by atoms with Crippen LogP contribution in [-0.2, 0) is 16.6 Å². The lowest BCUT2D eigenvalue weighted by molar-refractivity contribution is -0.161. The van der Waals surface area contributed by atoms with Crippen molar-refractivity contribution < 1.29 is 24.5 Å². The summed E-state index contributed by atoms with van der Waals surface area (Å²) < 4.78 is 6.74. The van der Waals surface area contributed by atoms with Crippen molar-refractivity contribution in [1.29, 1.82) is 0 Å². The summed E-state index contributed by atoms with van der Waals surface area (Å²) in [6.45, 7) is 1.55. The van der Waals surface area contributed by atoms with Gasteiger partial charge in [0.15, 0.2) is 11.0 Å². The number of nitrogens with zero attached hydrogens (tertiary/aromatic N) is 4. The standard InChI is InChI=1S/C19H20N4O5S/c1-9(24)14-12-8-13(15(18(26)27)23(12)17(14)25)29-19-20-16(21-22(19)2)10-4-6-11(28-3)7-5-10/h4-7,9,12,14,24H,8H2,1-3H3,(H,26,27)/t9?,12?,14-/m1/s1. The number of carbonyl (C=O) groups is 2. The molecule has 2 N–H and O–H groups in total. The minimum Gasteiger partial charge on any atom is -0.497 e. The highest BCUT2D eigenvalue weighted by Crippen LogP contribution is 2.48. The van der Waals surface area contributed by atoms with E-state index in [1.54, 1.807) is 25.8 Å². The molecule has 0 saturated carbocycles. The number of aliphatic carboxylic acids is 1. The molecule has 1 saturated heterocycles. The van der Waals surface area contributed by atoms with Crippen LogP contribution in [0.4, 0.5) is 0 Å². The van der Waals surface area contributed by atoms with E-state index in [4.69, 9.17) is 4.74 Å². The average molecular weight is 416 g/mol.